The largest absolute Gasteiger partial charge is 0.416 e. The zero-order chi connectivity index (χ0) is 17.3. The minimum absolute atomic E-state index is 0.382. The fourth-order valence-electron chi connectivity index (χ4n) is 2.00. The Morgan fingerprint density at radius 3 is 1.95 bits per heavy atom. The summed E-state index contributed by atoms with van der Waals surface area (Å²) in [4.78, 5) is 0. The number of rotatable bonds is 3. The molecule has 0 aliphatic heterocycles. The van der Waals surface area contributed by atoms with Crippen molar-refractivity contribution >= 4 is 0 Å². The third kappa shape index (κ3) is 4.11. The number of alkyl halides is 6. The first-order valence-corrected chi connectivity index (χ1v) is 5.93. The molecule has 0 aromatic heterocycles. The van der Waals surface area contributed by atoms with E-state index in [9.17, 15) is 36.6 Å². The molecule has 0 fully saturated rings. The van der Waals surface area contributed by atoms with Crippen LogP contribution in [-0.2, 0) is 6.18 Å². The number of aliphatic hydroxyl groups excluding tert-OH is 2. The lowest BCUT2D eigenvalue weighted by molar-refractivity contribution is -0.217. The summed E-state index contributed by atoms with van der Waals surface area (Å²) < 4.78 is 76.0. The second kappa shape index (κ2) is 6.14. The molecule has 0 aliphatic carbocycles. The fourth-order valence-corrected chi connectivity index (χ4v) is 2.00. The molecule has 0 amide bonds. The van der Waals surface area contributed by atoms with E-state index in [1.807, 2.05) is 0 Å². The van der Waals surface area contributed by atoms with E-state index in [-0.39, 0.29) is 0 Å². The molecule has 0 heterocycles. The molecule has 3 unspecified atom stereocenters. The van der Waals surface area contributed by atoms with Gasteiger partial charge >= 0.3 is 12.4 Å². The molecule has 3 atom stereocenters. The molecular formula is C13H11F6NO2. The summed E-state index contributed by atoms with van der Waals surface area (Å²) >= 11 is 0. The molecule has 0 aliphatic rings. The molecule has 1 aromatic carbocycles. The summed E-state index contributed by atoms with van der Waals surface area (Å²) in [6.07, 6.45) is -14.9. The van der Waals surface area contributed by atoms with Gasteiger partial charge in [0, 0.05) is 5.92 Å². The molecule has 122 valence electrons. The summed E-state index contributed by atoms with van der Waals surface area (Å²) in [5, 5.41) is 27.4. The monoisotopic (exact) mass is 327 g/mol. The van der Waals surface area contributed by atoms with Gasteiger partial charge in [-0.3, -0.25) is 0 Å². The van der Waals surface area contributed by atoms with Crippen LogP contribution in [0.25, 0.3) is 0 Å². The van der Waals surface area contributed by atoms with Crippen molar-refractivity contribution in [1.82, 2.24) is 0 Å². The van der Waals surface area contributed by atoms with Crippen molar-refractivity contribution in [3.63, 3.8) is 0 Å². The number of aliphatic hydroxyl groups is 2. The van der Waals surface area contributed by atoms with Crippen LogP contribution < -0.4 is 0 Å². The van der Waals surface area contributed by atoms with Gasteiger partial charge in [-0.15, -0.1) is 0 Å². The summed E-state index contributed by atoms with van der Waals surface area (Å²) in [6, 6.07) is 3.04. The lowest BCUT2D eigenvalue weighted by Crippen LogP contribution is -2.39. The van der Waals surface area contributed by atoms with Crippen molar-refractivity contribution in [2.45, 2.75) is 37.4 Å². The summed E-state index contributed by atoms with van der Waals surface area (Å²) in [5.74, 6) is -2.05. The SMILES string of the molecule is CC(O)C(c1cc(C#N)cc(C(F)(F)F)c1)C(O)C(F)(F)F. The Hall–Kier alpha value is -1.79. The van der Waals surface area contributed by atoms with Crippen LogP contribution in [0.2, 0.25) is 0 Å². The van der Waals surface area contributed by atoms with E-state index in [1.165, 1.54) is 6.07 Å². The first kappa shape index (κ1) is 18.3. The van der Waals surface area contributed by atoms with Gasteiger partial charge in [0.15, 0.2) is 6.10 Å². The Morgan fingerprint density at radius 2 is 1.59 bits per heavy atom. The highest BCUT2D eigenvalue weighted by Crippen LogP contribution is 2.37. The molecule has 22 heavy (non-hydrogen) atoms. The minimum Gasteiger partial charge on any atom is -0.393 e. The third-order valence-electron chi connectivity index (χ3n) is 2.99. The van der Waals surface area contributed by atoms with Crippen molar-refractivity contribution in [2.24, 2.45) is 0 Å². The average molecular weight is 327 g/mol. The highest BCUT2D eigenvalue weighted by atomic mass is 19.4. The van der Waals surface area contributed by atoms with Gasteiger partial charge in [-0.2, -0.15) is 31.6 Å². The summed E-state index contributed by atoms with van der Waals surface area (Å²) in [7, 11) is 0. The molecule has 9 heteroatoms. The number of nitriles is 1. The second-order valence-corrected chi connectivity index (χ2v) is 4.71. The van der Waals surface area contributed by atoms with Crippen LogP contribution in [0, 0.1) is 11.3 Å². The Balaban J connectivity index is 3.47. The Kier molecular flexibility index (Phi) is 5.10. The molecule has 3 nitrogen and oxygen atoms in total. The van der Waals surface area contributed by atoms with Crippen LogP contribution in [0.1, 0.15) is 29.5 Å². The predicted octanol–water partition coefficient (Wildman–Crippen LogP) is 2.96. The molecule has 1 rings (SSSR count). The van der Waals surface area contributed by atoms with E-state index < -0.39 is 47.2 Å². The van der Waals surface area contributed by atoms with Gasteiger partial charge in [-0.25, -0.2) is 0 Å². The number of hydrogen-bond donors (Lipinski definition) is 2. The Bertz CT molecular complexity index is 573. The average Bonchev–Trinajstić information content (AvgIpc) is 2.35. The fraction of sp³-hybridized carbons (Fsp3) is 0.462. The van der Waals surface area contributed by atoms with Crippen molar-refractivity contribution in [3.8, 4) is 6.07 Å². The number of hydrogen-bond acceptors (Lipinski definition) is 3. The van der Waals surface area contributed by atoms with E-state index in [4.69, 9.17) is 5.26 Å². The quantitative estimate of drug-likeness (QED) is 0.839. The topological polar surface area (TPSA) is 64.2 Å². The van der Waals surface area contributed by atoms with E-state index in [0.717, 1.165) is 13.0 Å². The lowest BCUT2D eigenvalue weighted by Gasteiger charge is -2.28. The first-order chi connectivity index (χ1) is 9.87. The normalized spacial score (nSPS) is 16.7. The van der Waals surface area contributed by atoms with Crippen molar-refractivity contribution in [3.05, 3.63) is 34.9 Å². The van der Waals surface area contributed by atoms with Gasteiger partial charge in [0.1, 0.15) is 0 Å². The maximum Gasteiger partial charge on any atom is 0.416 e. The zero-order valence-corrected chi connectivity index (χ0v) is 11.1. The van der Waals surface area contributed by atoms with Crippen LogP contribution in [0.3, 0.4) is 0 Å². The van der Waals surface area contributed by atoms with Crippen LogP contribution in [0.4, 0.5) is 26.3 Å². The van der Waals surface area contributed by atoms with Crippen LogP contribution >= 0.6 is 0 Å². The minimum atomic E-state index is -5.14. The molecule has 1 aromatic rings. The van der Waals surface area contributed by atoms with Gasteiger partial charge < -0.3 is 10.2 Å². The highest BCUT2D eigenvalue weighted by Gasteiger charge is 2.46. The van der Waals surface area contributed by atoms with Crippen LogP contribution in [0.5, 0.6) is 0 Å². The van der Waals surface area contributed by atoms with E-state index in [0.29, 0.717) is 12.1 Å². The number of halogens is 6. The molecular weight excluding hydrogens is 316 g/mol. The van der Waals surface area contributed by atoms with Gasteiger partial charge in [0.25, 0.3) is 0 Å². The van der Waals surface area contributed by atoms with Gasteiger partial charge in [-0.05, 0) is 30.7 Å². The highest BCUT2D eigenvalue weighted by molar-refractivity contribution is 5.41. The van der Waals surface area contributed by atoms with Gasteiger partial charge in [-0.1, -0.05) is 0 Å². The Morgan fingerprint density at radius 1 is 1.05 bits per heavy atom. The number of nitrogens with zero attached hydrogens (tertiary/aromatic N) is 1. The van der Waals surface area contributed by atoms with E-state index in [2.05, 4.69) is 0 Å². The second-order valence-electron chi connectivity index (χ2n) is 4.71. The maximum absolute atomic E-state index is 12.7. The number of benzene rings is 1. The van der Waals surface area contributed by atoms with Crippen molar-refractivity contribution in [1.29, 1.82) is 5.26 Å². The van der Waals surface area contributed by atoms with Crippen molar-refractivity contribution < 1.29 is 36.6 Å². The first-order valence-electron chi connectivity index (χ1n) is 5.93. The van der Waals surface area contributed by atoms with Gasteiger partial charge in [0.2, 0.25) is 0 Å². The predicted molar refractivity (Wildman–Crippen MR) is 62.6 cm³/mol. The van der Waals surface area contributed by atoms with Crippen LogP contribution in [0.15, 0.2) is 18.2 Å². The third-order valence-corrected chi connectivity index (χ3v) is 2.99. The van der Waals surface area contributed by atoms with E-state index in [1.54, 1.807) is 0 Å². The molecule has 0 saturated carbocycles. The van der Waals surface area contributed by atoms with Crippen LogP contribution in [-0.4, -0.2) is 28.6 Å². The standard InChI is InChI=1S/C13H11F6NO2/c1-6(21)10(11(22)13(17,18)19)8-2-7(5-20)3-9(4-8)12(14,15)16/h2-4,6,10-11,21-22H,1H3. The smallest absolute Gasteiger partial charge is 0.393 e. The molecule has 0 saturated heterocycles. The lowest BCUT2D eigenvalue weighted by atomic mass is 9.86. The summed E-state index contributed by atoms with van der Waals surface area (Å²) in [6.45, 7) is 0.909. The molecule has 2 N–H and O–H groups in total. The maximum atomic E-state index is 12.7. The summed E-state index contributed by atoms with van der Waals surface area (Å²) in [5.41, 5.74) is -2.47. The molecule has 0 radical (unpaired) electrons. The van der Waals surface area contributed by atoms with E-state index >= 15 is 0 Å². The molecule has 0 spiro atoms. The molecule has 0 bridgehead atoms. The van der Waals surface area contributed by atoms with Gasteiger partial charge in [0.05, 0.1) is 23.3 Å². The zero-order valence-electron chi connectivity index (χ0n) is 11.1. The van der Waals surface area contributed by atoms with Crippen molar-refractivity contribution in [2.75, 3.05) is 0 Å². The Labute approximate surface area is 121 Å².